The Kier molecular flexibility index (Phi) is 2.62. The maximum atomic E-state index is 5.71. The summed E-state index contributed by atoms with van der Waals surface area (Å²) in [6.07, 6.45) is 4.07. The summed E-state index contributed by atoms with van der Waals surface area (Å²) in [7, 11) is 0. The average Bonchev–Trinajstić information content (AvgIpc) is 2.53. The third kappa shape index (κ3) is 2.07. The van der Waals surface area contributed by atoms with Crippen molar-refractivity contribution in [2.75, 3.05) is 0 Å². The van der Waals surface area contributed by atoms with Crippen molar-refractivity contribution in [3.05, 3.63) is 16.6 Å². The summed E-state index contributed by atoms with van der Waals surface area (Å²) in [5, 5.41) is 6.70. The first-order valence-corrected chi connectivity index (χ1v) is 5.54. The van der Waals surface area contributed by atoms with Gasteiger partial charge >= 0.3 is 0 Å². The lowest BCUT2D eigenvalue weighted by molar-refractivity contribution is 0.272. The molecule has 1 saturated carbocycles. The summed E-state index contributed by atoms with van der Waals surface area (Å²) in [4.78, 5) is 4.27. The van der Waals surface area contributed by atoms with Gasteiger partial charge in [-0.2, -0.15) is 0 Å². The number of hydrogen-bond acceptors (Lipinski definition) is 4. The van der Waals surface area contributed by atoms with Gasteiger partial charge in [-0.05, 0) is 19.8 Å². The van der Waals surface area contributed by atoms with Gasteiger partial charge in [0.05, 0.1) is 6.04 Å². The van der Waals surface area contributed by atoms with Gasteiger partial charge in [0.25, 0.3) is 0 Å². The molecule has 1 aromatic rings. The topological polar surface area (TPSA) is 50.9 Å². The standard InChI is InChI=1S/C9H15N3S/c1-6(9-11-2-3-13-9)12-8-4-7(10)5-8/h2-3,6-8,12H,4-5,10H2,1H3. The van der Waals surface area contributed by atoms with Crippen LogP contribution in [0.25, 0.3) is 0 Å². The number of thiazole rings is 1. The molecule has 72 valence electrons. The molecule has 1 unspecified atom stereocenters. The second kappa shape index (κ2) is 3.74. The molecule has 3 nitrogen and oxygen atoms in total. The van der Waals surface area contributed by atoms with Crippen molar-refractivity contribution in [3.63, 3.8) is 0 Å². The van der Waals surface area contributed by atoms with Crippen LogP contribution in [0.15, 0.2) is 11.6 Å². The van der Waals surface area contributed by atoms with Gasteiger partial charge in [0.2, 0.25) is 0 Å². The average molecular weight is 197 g/mol. The Balaban J connectivity index is 1.82. The van der Waals surface area contributed by atoms with E-state index in [1.54, 1.807) is 11.3 Å². The van der Waals surface area contributed by atoms with Gasteiger partial charge < -0.3 is 11.1 Å². The van der Waals surface area contributed by atoms with Crippen LogP contribution in [0.1, 0.15) is 30.8 Å². The summed E-state index contributed by atoms with van der Waals surface area (Å²) in [5.74, 6) is 0. The zero-order valence-corrected chi connectivity index (χ0v) is 8.55. The fourth-order valence-electron chi connectivity index (χ4n) is 1.67. The van der Waals surface area contributed by atoms with Gasteiger partial charge in [0.1, 0.15) is 5.01 Å². The molecule has 0 amide bonds. The van der Waals surface area contributed by atoms with E-state index in [2.05, 4.69) is 17.2 Å². The Morgan fingerprint density at radius 1 is 1.69 bits per heavy atom. The van der Waals surface area contributed by atoms with E-state index in [0.29, 0.717) is 18.1 Å². The van der Waals surface area contributed by atoms with Crippen molar-refractivity contribution in [2.45, 2.75) is 37.9 Å². The van der Waals surface area contributed by atoms with Crippen LogP contribution in [-0.4, -0.2) is 17.1 Å². The number of hydrogen-bond donors (Lipinski definition) is 2. The van der Waals surface area contributed by atoms with Crippen molar-refractivity contribution < 1.29 is 0 Å². The monoisotopic (exact) mass is 197 g/mol. The third-order valence-corrected chi connectivity index (χ3v) is 3.44. The molecule has 0 radical (unpaired) electrons. The molecule has 1 heterocycles. The highest BCUT2D eigenvalue weighted by Gasteiger charge is 2.27. The molecule has 0 bridgehead atoms. The zero-order chi connectivity index (χ0) is 9.26. The molecule has 0 aromatic carbocycles. The van der Waals surface area contributed by atoms with Crippen LogP contribution < -0.4 is 11.1 Å². The molecule has 4 heteroatoms. The van der Waals surface area contributed by atoms with Crippen LogP contribution in [0.5, 0.6) is 0 Å². The van der Waals surface area contributed by atoms with E-state index in [1.165, 1.54) is 5.01 Å². The van der Waals surface area contributed by atoms with E-state index in [9.17, 15) is 0 Å². The molecule has 2 rings (SSSR count). The van der Waals surface area contributed by atoms with Crippen LogP contribution in [0.2, 0.25) is 0 Å². The van der Waals surface area contributed by atoms with Crippen molar-refractivity contribution in [3.8, 4) is 0 Å². The minimum absolute atomic E-state index is 0.373. The number of nitrogens with one attached hydrogen (secondary N) is 1. The summed E-state index contributed by atoms with van der Waals surface area (Å²) < 4.78 is 0. The van der Waals surface area contributed by atoms with Gasteiger partial charge in [-0.25, -0.2) is 4.98 Å². The number of aromatic nitrogens is 1. The van der Waals surface area contributed by atoms with E-state index in [0.717, 1.165) is 12.8 Å². The summed E-state index contributed by atoms with van der Waals surface area (Å²) in [6.45, 7) is 2.16. The van der Waals surface area contributed by atoms with Crippen LogP contribution in [0, 0.1) is 0 Å². The van der Waals surface area contributed by atoms with Crippen molar-refractivity contribution in [2.24, 2.45) is 5.73 Å². The maximum absolute atomic E-state index is 5.71. The Morgan fingerprint density at radius 3 is 3.00 bits per heavy atom. The smallest absolute Gasteiger partial charge is 0.109 e. The van der Waals surface area contributed by atoms with Gasteiger partial charge in [0.15, 0.2) is 0 Å². The molecule has 1 fully saturated rings. The predicted molar refractivity (Wildman–Crippen MR) is 54.7 cm³/mol. The fraction of sp³-hybridized carbons (Fsp3) is 0.667. The Hall–Kier alpha value is -0.450. The number of nitrogens with zero attached hydrogens (tertiary/aromatic N) is 1. The van der Waals surface area contributed by atoms with Crippen molar-refractivity contribution >= 4 is 11.3 Å². The van der Waals surface area contributed by atoms with Crippen LogP contribution >= 0.6 is 11.3 Å². The second-order valence-electron chi connectivity index (χ2n) is 3.69. The molecule has 1 aromatic heterocycles. The Morgan fingerprint density at radius 2 is 2.46 bits per heavy atom. The lowest BCUT2D eigenvalue weighted by Crippen LogP contribution is -2.48. The van der Waals surface area contributed by atoms with E-state index in [-0.39, 0.29) is 0 Å². The minimum Gasteiger partial charge on any atom is -0.328 e. The minimum atomic E-state index is 0.373. The van der Waals surface area contributed by atoms with Crippen LogP contribution in [-0.2, 0) is 0 Å². The molecular weight excluding hydrogens is 182 g/mol. The molecule has 3 N–H and O–H groups in total. The molecular formula is C9H15N3S. The first-order chi connectivity index (χ1) is 6.25. The lowest BCUT2D eigenvalue weighted by atomic mass is 9.87. The second-order valence-corrected chi connectivity index (χ2v) is 4.61. The highest BCUT2D eigenvalue weighted by molar-refractivity contribution is 7.09. The molecule has 1 aliphatic carbocycles. The first-order valence-electron chi connectivity index (χ1n) is 4.66. The van der Waals surface area contributed by atoms with Crippen LogP contribution in [0.4, 0.5) is 0 Å². The summed E-state index contributed by atoms with van der Waals surface area (Å²) in [5.41, 5.74) is 5.71. The molecule has 1 aliphatic rings. The van der Waals surface area contributed by atoms with Gasteiger partial charge in [0, 0.05) is 23.7 Å². The highest BCUT2D eigenvalue weighted by Crippen LogP contribution is 2.22. The zero-order valence-electron chi connectivity index (χ0n) is 7.73. The predicted octanol–water partition coefficient (Wildman–Crippen LogP) is 1.28. The van der Waals surface area contributed by atoms with E-state index < -0.39 is 0 Å². The Bertz CT molecular complexity index is 254. The van der Waals surface area contributed by atoms with E-state index in [4.69, 9.17) is 5.73 Å². The molecule has 0 saturated heterocycles. The number of nitrogens with two attached hydrogens (primary N) is 1. The highest BCUT2D eigenvalue weighted by atomic mass is 32.1. The van der Waals surface area contributed by atoms with Crippen LogP contribution in [0.3, 0.4) is 0 Å². The molecule has 13 heavy (non-hydrogen) atoms. The quantitative estimate of drug-likeness (QED) is 0.767. The first kappa shape index (κ1) is 9.12. The van der Waals surface area contributed by atoms with Gasteiger partial charge in [-0.1, -0.05) is 0 Å². The van der Waals surface area contributed by atoms with E-state index >= 15 is 0 Å². The number of rotatable bonds is 3. The summed E-state index contributed by atoms with van der Waals surface area (Å²) in [6, 6.07) is 1.40. The Labute approximate surface area is 82.4 Å². The van der Waals surface area contributed by atoms with Gasteiger partial charge in [-0.15, -0.1) is 11.3 Å². The lowest BCUT2D eigenvalue weighted by Gasteiger charge is -2.34. The maximum Gasteiger partial charge on any atom is 0.109 e. The largest absolute Gasteiger partial charge is 0.328 e. The summed E-state index contributed by atoms with van der Waals surface area (Å²) >= 11 is 1.70. The molecule has 0 spiro atoms. The normalized spacial score (nSPS) is 29.7. The molecule has 1 atom stereocenters. The SMILES string of the molecule is CC(NC1CC(N)C1)c1nccs1. The van der Waals surface area contributed by atoms with Gasteiger partial charge in [-0.3, -0.25) is 0 Å². The third-order valence-electron chi connectivity index (χ3n) is 2.48. The van der Waals surface area contributed by atoms with Crippen molar-refractivity contribution in [1.82, 2.24) is 10.3 Å². The van der Waals surface area contributed by atoms with E-state index in [1.807, 2.05) is 11.6 Å². The molecule has 0 aliphatic heterocycles. The fourth-order valence-corrected chi connectivity index (χ4v) is 2.33. The van der Waals surface area contributed by atoms with Crippen molar-refractivity contribution in [1.29, 1.82) is 0 Å².